The van der Waals surface area contributed by atoms with Crippen LogP contribution >= 0.6 is 0 Å². The molecule has 5 heteroatoms. The molecule has 0 heterocycles. The molecule has 5 nitrogen and oxygen atoms in total. The first kappa shape index (κ1) is 16.2. The molecule has 2 N–H and O–H groups in total. The van der Waals surface area contributed by atoms with Crippen molar-refractivity contribution in [1.29, 1.82) is 0 Å². The molecule has 0 saturated heterocycles. The lowest BCUT2D eigenvalue weighted by atomic mass is 9.83. The molecule has 2 rings (SSSR count). The summed E-state index contributed by atoms with van der Waals surface area (Å²) >= 11 is 0. The van der Waals surface area contributed by atoms with Crippen LogP contribution in [0.2, 0.25) is 0 Å². The van der Waals surface area contributed by atoms with Crippen LogP contribution < -0.4 is 5.32 Å². The quantitative estimate of drug-likeness (QED) is 0.893. The smallest absolute Gasteiger partial charge is 0.326 e. The van der Waals surface area contributed by atoms with Gasteiger partial charge in [-0.15, -0.1) is 0 Å². The molecule has 118 valence electrons. The summed E-state index contributed by atoms with van der Waals surface area (Å²) in [5, 5.41) is 12.0. The summed E-state index contributed by atoms with van der Waals surface area (Å²) in [4.78, 5) is 35.3. The highest BCUT2D eigenvalue weighted by molar-refractivity contribution is 5.97. The van der Waals surface area contributed by atoms with Gasteiger partial charge in [-0.1, -0.05) is 17.2 Å². The van der Waals surface area contributed by atoms with E-state index in [1.807, 2.05) is 19.9 Å². The third-order valence-corrected chi connectivity index (χ3v) is 4.03. The Morgan fingerprint density at radius 2 is 1.86 bits per heavy atom. The fourth-order valence-electron chi connectivity index (χ4n) is 3.05. The first-order valence-corrected chi connectivity index (χ1v) is 7.50. The third-order valence-electron chi connectivity index (χ3n) is 4.03. The van der Waals surface area contributed by atoms with Gasteiger partial charge in [0.05, 0.1) is 0 Å². The van der Waals surface area contributed by atoms with Crippen LogP contribution in [0.15, 0.2) is 18.2 Å². The van der Waals surface area contributed by atoms with Crippen LogP contribution in [0, 0.1) is 19.8 Å². The van der Waals surface area contributed by atoms with E-state index >= 15 is 0 Å². The molecule has 1 aliphatic rings. The zero-order valence-electron chi connectivity index (χ0n) is 12.9. The largest absolute Gasteiger partial charge is 0.480 e. The number of ketones is 1. The average molecular weight is 303 g/mol. The van der Waals surface area contributed by atoms with E-state index in [4.69, 9.17) is 0 Å². The van der Waals surface area contributed by atoms with E-state index in [9.17, 15) is 19.5 Å². The topological polar surface area (TPSA) is 83.5 Å². The third kappa shape index (κ3) is 3.93. The number of rotatable bonds is 4. The number of hydrogen-bond acceptors (Lipinski definition) is 3. The van der Waals surface area contributed by atoms with Gasteiger partial charge in [0.25, 0.3) is 5.91 Å². The number of carbonyl (C=O) groups excluding carboxylic acids is 2. The van der Waals surface area contributed by atoms with Gasteiger partial charge < -0.3 is 10.4 Å². The molecule has 2 atom stereocenters. The predicted octanol–water partition coefficient (Wildman–Crippen LogP) is 2.25. The number of amides is 1. The summed E-state index contributed by atoms with van der Waals surface area (Å²) in [6, 6.07) is 4.39. The summed E-state index contributed by atoms with van der Waals surface area (Å²) in [7, 11) is 0. The maximum Gasteiger partial charge on any atom is 0.326 e. The maximum atomic E-state index is 12.3. The molecule has 1 fully saturated rings. The Balaban J connectivity index is 2.15. The van der Waals surface area contributed by atoms with Crippen LogP contribution in [0.4, 0.5) is 0 Å². The van der Waals surface area contributed by atoms with E-state index < -0.39 is 17.9 Å². The number of carboxylic acid groups (broad SMARTS) is 1. The van der Waals surface area contributed by atoms with E-state index in [-0.39, 0.29) is 18.1 Å². The Labute approximate surface area is 129 Å². The van der Waals surface area contributed by atoms with Crippen molar-refractivity contribution < 1.29 is 19.5 Å². The minimum absolute atomic E-state index is 0.0724. The summed E-state index contributed by atoms with van der Waals surface area (Å²) < 4.78 is 0. The minimum Gasteiger partial charge on any atom is -0.480 e. The Morgan fingerprint density at radius 1 is 1.23 bits per heavy atom. The molecule has 22 heavy (non-hydrogen) atoms. The second-order valence-corrected chi connectivity index (χ2v) is 6.06. The zero-order chi connectivity index (χ0) is 16.3. The van der Waals surface area contributed by atoms with Crippen molar-refractivity contribution in [3.05, 3.63) is 34.9 Å². The van der Waals surface area contributed by atoms with Gasteiger partial charge in [-0.2, -0.15) is 0 Å². The average Bonchev–Trinajstić information content (AvgIpc) is 2.43. The van der Waals surface area contributed by atoms with E-state index in [0.29, 0.717) is 24.8 Å². The molecule has 1 aromatic carbocycles. The van der Waals surface area contributed by atoms with Gasteiger partial charge in [0.1, 0.15) is 11.8 Å². The number of Topliss-reactive ketones (excluding diaryl/α,β-unsaturated/α-hetero) is 1. The predicted molar refractivity (Wildman–Crippen MR) is 81.8 cm³/mol. The van der Waals surface area contributed by atoms with Crippen molar-refractivity contribution >= 4 is 17.7 Å². The molecular weight excluding hydrogens is 282 g/mol. The first-order chi connectivity index (χ1) is 10.4. The first-order valence-electron chi connectivity index (χ1n) is 7.50. The highest BCUT2D eigenvalue weighted by Gasteiger charge is 2.33. The summed E-state index contributed by atoms with van der Waals surface area (Å²) in [6.45, 7) is 3.77. The lowest BCUT2D eigenvalue weighted by molar-refractivity contribution is -0.141. The van der Waals surface area contributed by atoms with Gasteiger partial charge in [0, 0.05) is 18.4 Å². The van der Waals surface area contributed by atoms with Gasteiger partial charge in [-0.05, 0) is 44.7 Å². The Morgan fingerprint density at radius 3 is 2.41 bits per heavy atom. The van der Waals surface area contributed by atoms with Gasteiger partial charge >= 0.3 is 5.97 Å². The summed E-state index contributed by atoms with van der Waals surface area (Å²) in [6.07, 6.45) is 2.07. The number of nitrogens with one attached hydrogen (secondary N) is 1. The van der Waals surface area contributed by atoms with Crippen LogP contribution in [0.5, 0.6) is 0 Å². The normalized spacial score (nSPS) is 19.5. The number of carboxylic acids is 1. The monoisotopic (exact) mass is 303 g/mol. The minimum atomic E-state index is -1.09. The van der Waals surface area contributed by atoms with E-state index in [1.165, 1.54) is 0 Å². The van der Waals surface area contributed by atoms with Crippen molar-refractivity contribution in [2.24, 2.45) is 5.92 Å². The molecule has 0 radical (unpaired) electrons. The molecule has 1 aromatic rings. The van der Waals surface area contributed by atoms with Gasteiger partial charge in [-0.25, -0.2) is 4.79 Å². The number of aryl methyl sites for hydroxylation is 2. The Bertz CT molecular complexity index is 588. The van der Waals surface area contributed by atoms with Crippen LogP contribution in [0.25, 0.3) is 0 Å². The highest BCUT2D eigenvalue weighted by Crippen LogP contribution is 2.25. The van der Waals surface area contributed by atoms with Crippen molar-refractivity contribution in [2.45, 2.75) is 45.6 Å². The summed E-state index contributed by atoms with van der Waals surface area (Å²) in [5.41, 5.74) is 2.35. The number of hydrogen-bond donors (Lipinski definition) is 2. The molecule has 0 aliphatic heterocycles. The molecule has 1 amide bonds. The van der Waals surface area contributed by atoms with Crippen molar-refractivity contribution in [3.63, 3.8) is 0 Å². The van der Waals surface area contributed by atoms with E-state index in [0.717, 1.165) is 11.1 Å². The fourth-order valence-corrected chi connectivity index (χ4v) is 3.05. The Hall–Kier alpha value is -2.17. The lowest BCUT2D eigenvalue weighted by Gasteiger charge is -2.27. The molecule has 0 spiro atoms. The van der Waals surface area contributed by atoms with Crippen molar-refractivity contribution in [3.8, 4) is 0 Å². The van der Waals surface area contributed by atoms with Crippen LogP contribution in [0.1, 0.15) is 47.2 Å². The molecule has 1 saturated carbocycles. The maximum absolute atomic E-state index is 12.3. The van der Waals surface area contributed by atoms with Crippen molar-refractivity contribution in [2.75, 3.05) is 0 Å². The van der Waals surface area contributed by atoms with Crippen LogP contribution in [0.3, 0.4) is 0 Å². The van der Waals surface area contributed by atoms with Gasteiger partial charge in [0.15, 0.2) is 0 Å². The molecule has 0 aromatic heterocycles. The molecular formula is C17H21NO4. The number of carbonyl (C=O) groups is 3. The highest BCUT2D eigenvalue weighted by atomic mass is 16.4. The summed E-state index contributed by atoms with van der Waals surface area (Å²) in [5.74, 6) is -1.74. The van der Waals surface area contributed by atoms with Crippen molar-refractivity contribution in [1.82, 2.24) is 5.32 Å². The molecule has 1 aliphatic carbocycles. The lowest BCUT2D eigenvalue weighted by Crippen LogP contribution is -2.47. The number of aliphatic carboxylic acids is 1. The second kappa shape index (κ2) is 6.73. The van der Waals surface area contributed by atoms with Gasteiger partial charge in [-0.3, -0.25) is 9.59 Å². The fraction of sp³-hybridized carbons (Fsp3) is 0.471. The standard InChI is InChI=1S/C17H21NO4/c1-10-6-11(2)8-13(7-10)16(20)18-15(17(21)22)12-4-3-5-14(19)9-12/h6-8,12,15H,3-5,9H2,1-2H3,(H,18,20)(H,21,22)/t12-,15+/m0/s1. The second-order valence-electron chi connectivity index (χ2n) is 6.06. The SMILES string of the molecule is Cc1cc(C)cc(C(=O)N[C@@H](C(=O)O)[C@H]2CCCC(=O)C2)c1. The molecule has 0 unspecified atom stereocenters. The van der Waals surface area contributed by atoms with Crippen LogP contribution in [-0.2, 0) is 9.59 Å². The molecule has 0 bridgehead atoms. The van der Waals surface area contributed by atoms with Gasteiger partial charge in [0.2, 0.25) is 0 Å². The van der Waals surface area contributed by atoms with E-state index in [1.54, 1.807) is 12.1 Å². The Kier molecular flexibility index (Phi) is 4.96. The zero-order valence-corrected chi connectivity index (χ0v) is 12.9. The number of benzene rings is 1. The van der Waals surface area contributed by atoms with E-state index in [2.05, 4.69) is 5.32 Å². The van der Waals surface area contributed by atoms with Crippen LogP contribution in [-0.4, -0.2) is 28.8 Å².